The molecule has 156 valence electrons. The van der Waals surface area contributed by atoms with Crippen molar-refractivity contribution in [1.29, 1.82) is 0 Å². The summed E-state index contributed by atoms with van der Waals surface area (Å²) in [5.74, 6) is 2.54. The van der Waals surface area contributed by atoms with Gasteiger partial charge in [-0.2, -0.15) is 0 Å². The molecule has 2 aromatic rings. The molecule has 3 rings (SSSR count). The first kappa shape index (κ1) is 21.0. The van der Waals surface area contributed by atoms with Gasteiger partial charge in [0.2, 0.25) is 0 Å². The van der Waals surface area contributed by atoms with Gasteiger partial charge in [-0.15, -0.1) is 0 Å². The van der Waals surface area contributed by atoms with Crippen molar-refractivity contribution in [3.63, 3.8) is 0 Å². The SMILES string of the molecule is CN=C(NCc1ccc(OCCOC)cc1)NC1CC(C)(C)Oc2ccccc21. The molecular weight excluding hydrogens is 366 g/mol. The lowest BCUT2D eigenvalue weighted by molar-refractivity contribution is 0.0694. The summed E-state index contributed by atoms with van der Waals surface area (Å²) in [5, 5.41) is 6.95. The Morgan fingerprint density at radius 3 is 2.62 bits per heavy atom. The highest BCUT2D eigenvalue weighted by molar-refractivity contribution is 5.80. The van der Waals surface area contributed by atoms with Crippen LogP contribution in [0.2, 0.25) is 0 Å². The van der Waals surface area contributed by atoms with Crippen LogP contribution in [-0.2, 0) is 11.3 Å². The fourth-order valence-electron chi connectivity index (χ4n) is 3.42. The largest absolute Gasteiger partial charge is 0.491 e. The maximum Gasteiger partial charge on any atom is 0.191 e. The van der Waals surface area contributed by atoms with E-state index < -0.39 is 0 Å². The number of nitrogens with zero attached hydrogens (tertiary/aromatic N) is 1. The van der Waals surface area contributed by atoms with Crippen molar-refractivity contribution in [3.8, 4) is 11.5 Å². The molecule has 0 fully saturated rings. The number of methoxy groups -OCH3 is 1. The van der Waals surface area contributed by atoms with E-state index in [0.29, 0.717) is 19.8 Å². The van der Waals surface area contributed by atoms with E-state index in [-0.39, 0.29) is 11.6 Å². The second-order valence-corrected chi connectivity index (χ2v) is 7.71. The molecule has 0 aromatic heterocycles. The number of ether oxygens (including phenoxy) is 3. The molecule has 0 spiro atoms. The van der Waals surface area contributed by atoms with Gasteiger partial charge in [-0.25, -0.2) is 0 Å². The van der Waals surface area contributed by atoms with Crippen molar-refractivity contribution in [2.75, 3.05) is 27.4 Å². The van der Waals surface area contributed by atoms with Crippen molar-refractivity contribution < 1.29 is 14.2 Å². The number of aliphatic imine (C=N–C) groups is 1. The maximum absolute atomic E-state index is 6.12. The molecule has 29 heavy (non-hydrogen) atoms. The summed E-state index contributed by atoms with van der Waals surface area (Å²) in [4.78, 5) is 4.40. The molecule has 2 aromatic carbocycles. The van der Waals surface area contributed by atoms with Crippen LogP contribution >= 0.6 is 0 Å². The number of benzene rings is 2. The summed E-state index contributed by atoms with van der Waals surface area (Å²) in [6, 6.07) is 16.4. The number of hydrogen-bond donors (Lipinski definition) is 2. The first-order chi connectivity index (χ1) is 14.0. The van der Waals surface area contributed by atoms with Gasteiger partial charge in [0.15, 0.2) is 5.96 Å². The van der Waals surface area contributed by atoms with Gasteiger partial charge in [-0.05, 0) is 37.6 Å². The maximum atomic E-state index is 6.12. The van der Waals surface area contributed by atoms with Gasteiger partial charge < -0.3 is 24.8 Å². The van der Waals surface area contributed by atoms with Crippen LogP contribution in [0.3, 0.4) is 0 Å². The van der Waals surface area contributed by atoms with Crippen molar-refractivity contribution in [2.45, 2.75) is 38.5 Å². The van der Waals surface area contributed by atoms with Crippen LogP contribution in [0.1, 0.15) is 37.4 Å². The Bertz CT molecular complexity index is 818. The fraction of sp³-hybridized carbons (Fsp3) is 0.435. The van der Waals surface area contributed by atoms with Gasteiger partial charge in [-0.1, -0.05) is 30.3 Å². The number of para-hydroxylation sites is 1. The fourth-order valence-corrected chi connectivity index (χ4v) is 3.42. The second kappa shape index (κ2) is 9.65. The van der Waals surface area contributed by atoms with E-state index in [1.54, 1.807) is 14.2 Å². The highest BCUT2D eigenvalue weighted by atomic mass is 16.5. The quantitative estimate of drug-likeness (QED) is 0.424. The van der Waals surface area contributed by atoms with Gasteiger partial charge in [0.1, 0.15) is 23.7 Å². The molecule has 6 heteroatoms. The standard InChI is InChI=1S/C23H31N3O3/c1-23(2)15-20(19-7-5-6-8-21(19)29-23)26-22(24-3)25-16-17-9-11-18(12-10-17)28-14-13-27-4/h5-12,20H,13-16H2,1-4H3,(H2,24,25,26). The Kier molecular flexibility index (Phi) is 6.99. The van der Waals surface area contributed by atoms with E-state index in [2.05, 4.69) is 47.7 Å². The van der Waals surface area contributed by atoms with Crippen molar-refractivity contribution >= 4 is 5.96 Å². The third-order valence-electron chi connectivity index (χ3n) is 4.85. The van der Waals surface area contributed by atoms with E-state index >= 15 is 0 Å². The van der Waals surface area contributed by atoms with Crippen LogP contribution in [0.5, 0.6) is 11.5 Å². The Hall–Kier alpha value is -2.73. The molecule has 0 aliphatic carbocycles. The zero-order valence-corrected chi connectivity index (χ0v) is 17.7. The van der Waals surface area contributed by atoms with E-state index in [4.69, 9.17) is 14.2 Å². The lowest BCUT2D eigenvalue weighted by Crippen LogP contribution is -2.45. The highest BCUT2D eigenvalue weighted by Gasteiger charge is 2.33. The molecule has 0 saturated heterocycles. The molecule has 1 atom stereocenters. The second-order valence-electron chi connectivity index (χ2n) is 7.71. The Labute approximate surface area is 173 Å². The summed E-state index contributed by atoms with van der Waals surface area (Å²) in [6.45, 7) is 6.03. The number of fused-ring (bicyclic) bond motifs is 1. The highest BCUT2D eigenvalue weighted by Crippen LogP contribution is 2.39. The number of guanidine groups is 1. The van der Waals surface area contributed by atoms with Crippen molar-refractivity contribution in [1.82, 2.24) is 10.6 Å². The van der Waals surface area contributed by atoms with Gasteiger partial charge in [-0.3, -0.25) is 4.99 Å². The first-order valence-electron chi connectivity index (χ1n) is 9.96. The van der Waals surface area contributed by atoms with Crippen LogP contribution in [0.4, 0.5) is 0 Å². The van der Waals surface area contributed by atoms with E-state index in [1.807, 2.05) is 30.3 Å². The predicted molar refractivity (Wildman–Crippen MR) is 116 cm³/mol. The number of nitrogens with one attached hydrogen (secondary N) is 2. The summed E-state index contributed by atoms with van der Waals surface area (Å²) in [5.41, 5.74) is 2.08. The number of rotatable bonds is 7. The van der Waals surface area contributed by atoms with Crippen LogP contribution in [0.15, 0.2) is 53.5 Å². The third kappa shape index (κ3) is 5.87. The molecule has 1 heterocycles. The molecule has 1 unspecified atom stereocenters. The molecule has 0 amide bonds. The average Bonchev–Trinajstić information content (AvgIpc) is 2.71. The predicted octanol–water partition coefficient (Wildman–Crippen LogP) is 3.68. The van der Waals surface area contributed by atoms with E-state index in [9.17, 15) is 0 Å². The molecule has 6 nitrogen and oxygen atoms in total. The van der Waals surface area contributed by atoms with Gasteiger partial charge in [0.05, 0.1) is 12.6 Å². The Morgan fingerprint density at radius 1 is 1.14 bits per heavy atom. The van der Waals surface area contributed by atoms with Gasteiger partial charge in [0.25, 0.3) is 0 Å². The molecular formula is C23H31N3O3. The summed E-state index contributed by atoms with van der Waals surface area (Å²) in [7, 11) is 3.46. The zero-order chi connectivity index (χ0) is 20.7. The third-order valence-corrected chi connectivity index (χ3v) is 4.85. The van der Waals surface area contributed by atoms with Crippen LogP contribution < -0.4 is 20.1 Å². The minimum atomic E-state index is -0.233. The summed E-state index contributed by atoms with van der Waals surface area (Å²) < 4.78 is 16.7. The van der Waals surface area contributed by atoms with Gasteiger partial charge in [0, 0.05) is 32.7 Å². The minimum absolute atomic E-state index is 0.137. The molecule has 0 radical (unpaired) electrons. The van der Waals surface area contributed by atoms with Crippen LogP contribution in [0.25, 0.3) is 0 Å². The topological polar surface area (TPSA) is 64.1 Å². The lowest BCUT2D eigenvalue weighted by Gasteiger charge is -2.38. The number of hydrogen-bond acceptors (Lipinski definition) is 4. The normalized spacial score (nSPS) is 17.8. The molecule has 0 bridgehead atoms. The van der Waals surface area contributed by atoms with Gasteiger partial charge >= 0.3 is 0 Å². The van der Waals surface area contributed by atoms with Crippen molar-refractivity contribution in [2.24, 2.45) is 4.99 Å². The Balaban J connectivity index is 1.58. The minimum Gasteiger partial charge on any atom is -0.491 e. The van der Waals surface area contributed by atoms with Crippen molar-refractivity contribution in [3.05, 3.63) is 59.7 Å². The monoisotopic (exact) mass is 397 g/mol. The summed E-state index contributed by atoms with van der Waals surface area (Å²) >= 11 is 0. The molecule has 1 aliphatic rings. The zero-order valence-electron chi connectivity index (χ0n) is 17.7. The first-order valence-corrected chi connectivity index (χ1v) is 9.96. The van der Waals surface area contributed by atoms with E-state index in [0.717, 1.165) is 35.0 Å². The van der Waals surface area contributed by atoms with Crippen LogP contribution in [-0.4, -0.2) is 38.9 Å². The van der Waals surface area contributed by atoms with E-state index in [1.165, 1.54) is 0 Å². The lowest BCUT2D eigenvalue weighted by atomic mass is 9.90. The smallest absolute Gasteiger partial charge is 0.191 e. The average molecular weight is 398 g/mol. The summed E-state index contributed by atoms with van der Waals surface area (Å²) in [6.07, 6.45) is 0.859. The molecule has 2 N–H and O–H groups in total. The molecule has 0 saturated carbocycles. The van der Waals surface area contributed by atoms with Crippen LogP contribution in [0, 0.1) is 0 Å². The Morgan fingerprint density at radius 2 is 1.90 bits per heavy atom. The molecule has 1 aliphatic heterocycles.